The van der Waals surface area contributed by atoms with Crippen molar-refractivity contribution in [2.24, 2.45) is 0 Å². The molecular weight excluding hydrogens is 206 g/mol. The number of nitrogens with zero attached hydrogens (tertiary/aromatic N) is 2. The van der Waals surface area contributed by atoms with Crippen LogP contribution in [0.3, 0.4) is 0 Å². The van der Waals surface area contributed by atoms with Gasteiger partial charge in [-0.3, -0.25) is 10.1 Å². The van der Waals surface area contributed by atoms with Crippen LogP contribution in [0.2, 0.25) is 0 Å². The highest BCUT2D eigenvalue weighted by atomic mass is 32.1. The summed E-state index contributed by atoms with van der Waals surface area (Å²) in [6.07, 6.45) is 3.24. The number of nitrogens with one attached hydrogen (secondary N) is 1. The van der Waals surface area contributed by atoms with Crippen LogP contribution in [0.15, 0.2) is 23.2 Å². The molecule has 1 N–H and O–H groups in total. The van der Waals surface area contributed by atoms with Crippen molar-refractivity contribution >= 4 is 33.7 Å². The van der Waals surface area contributed by atoms with E-state index < -0.39 is 0 Å². The molecule has 2 aromatic heterocycles. The molecule has 66 valence electrons. The Morgan fingerprint density at radius 1 is 1.23 bits per heavy atom. The highest BCUT2D eigenvalue weighted by Gasteiger charge is 2.08. The maximum Gasteiger partial charge on any atom is 0.286 e. The van der Waals surface area contributed by atoms with E-state index in [1.807, 2.05) is 0 Å². The molecule has 0 atom stereocenters. The number of carbonyl (C=O) groups is 1. The zero-order chi connectivity index (χ0) is 9.10. The number of hydrogen-bond donors (Lipinski definition) is 1. The second kappa shape index (κ2) is 3.63. The summed E-state index contributed by atoms with van der Waals surface area (Å²) in [5.41, 5.74) is 0. The van der Waals surface area contributed by atoms with Crippen molar-refractivity contribution in [3.63, 3.8) is 0 Å². The van der Waals surface area contributed by atoms with Gasteiger partial charge in [-0.05, 0) is 0 Å². The van der Waals surface area contributed by atoms with Gasteiger partial charge in [-0.1, -0.05) is 0 Å². The Labute approximate surface area is 82.3 Å². The summed E-state index contributed by atoms with van der Waals surface area (Å²) in [6.45, 7) is 0. The normalized spacial score (nSPS) is 9.85. The summed E-state index contributed by atoms with van der Waals surface area (Å²) in [5, 5.41) is 7.26. The van der Waals surface area contributed by atoms with Crippen LogP contribution < -0.4 is 5.32 Å². The lowest BCUT2D eigenvalue weighted by Crippen LogP contribution is -2.10. The van der Waals surface area contributed by atoms with E-state index in [-0.39, 0.29) is 5.91 Å². The molecule has 0 aliphatic heterocycles. The lowest BCUT2D eigenvalue weighted by atomic mass is 10.6. The number of rotatable bonds is 2. The molecule has 6 heteroatoms. The predicted octanol–water partition coefficient (Wildman–Crippen LogP) is 1.85. The first-order valence-corrected chi connectivity index (χ1v) is 5.22. The van der Waals surface area contributed by atoms with Crippen LogP contribution in [0, 0.1) is 0 Å². The van der Waals surface area contributed by atoms with Gasteiger partial charge in [0, 0.05) is 23.2 Å². The predicted molar refractivity (Wildman–Crippen MR) is 52.2 cm³/mol. The minimum Gasteiger partial charge on any atom is -0.296 e. The third-order valence-electron chi connectivity index (χ3n) is 1.28. The van der Waals surface area contributed by atoms with Crippen LogP contribution in [-0.4, -0.2) is 15.9 Å². The Bertz CT molecular complexity index is 382. The number of aromatic nitrogens is 2. The highest BCUT2D eigenvalue weighted by Crippen LogP contribution is 2.12. The van der Waals surface area contributed by atoms with Crippen LogP contribution in [0.5, 0.6) is 0 Å². The van der Waals surface area contributed by atoms with Crippen molar-refractivity contribution in [2.45, 2.75) is 0 Å². The summed E-state index contributed by atoms with van der Waals surface area (Å²) < 4.78 is 0. The molecule has 1 amide bonds. The van der Waals surface area contributed by atoms with Gasteiger partial charge in [0.25, 0.3) is 5.91 Å². The Balaban J connectivity index is 2.08. The quantitative estimate of drug-likeness (QED) is 0.824. The first-order chi connectivity index (χ1) is 6.36. The van der Waals surface area contributed by atoms with Gasteiger partial charge in [0.1, 0.15) is 0 Å². The van der Waals surface area contributed by atoms with Crippen LogP contribution in [0.4, 0.5) is 5.13 Å². The van der Waals surface area contributed by atoms with Gasteiger partial charge < -0.3 is 0 Å². The maximum absolute atomic E-state index is 11.4. The summed E-state index contributed by atoms with van der Waals surface area (Å²) in [7, 11) is 0. The average Bonchev–Trinajstić information content (AvgIpc) is 2.74. The monoisotopic (exact) mass is 211 g/mol. The van der Waals surface area contributed by atoms with E-state index in [1.165, 1.54) is 22.7 Å². The summed E-state index contributed by atoms with van der Waals surface area (Å²) in [5.74, 6) is -0.204. The van der Waals surface area contributed by atoms with Crippen molar-refractivity contribution in [3.05, 3.63) is 28.2 Å². The van der Waals surface area contributed by atoms with Gasteiger partial charge >= 0.3 is 0 Å². The van der Waals surface area contributed by atoms with Crippen LogP contribution in [0.25, 0.3) is 0 Å². The van der Waals surface area contributed by atoms with E-state index in [2.05, 4.69) is 15.3 Å². The van der Waals surface area contributed by atoms with Crippen LogP contribution in [0.1, 0.15) is 9.80 Å². The van der Waals surface area contributed by atoms with Gasteiger partial charge in [-0.2, -0.15) is 0 Å². The van der Waals surface area contributed by atoms with Gasteiger partial charge in [-0.25, -0.2) is 9.97 Å². The molecule has 0 aliphatic carbocycles. The molecule has 2 aromatic rings. The second-order valence-electron chi connectivity index (χ2n) is 2.13. The topological polar surface area (TPSA) is 54.9 Å². The molecule has 0 radical (unpaired) electrons. The SMILES string of the molecule is O=C(Nc1nccs1)c1nccs1. The maximum atomic E-state index is 11.4. The largest absolute Gasteiger partial charge is 0.296 e. The van der Waals surface area contributed by atoms with Crippen LogP contribution >= 0.6 is 22.7 Å². The fraction of sp³-hybridized carbons (Fsp3) is 0. The Hall–Kier alpha value is -1.27. The molecular formula is C7H5N3OS2. The zero-order valence-electron chi connectivity index (χ0n) is 6.43. The van der Waals surface area contributed by atoms with E-state index >= 15 is 0 Å². The lowest BCUT2D eigenvalue weighted by Gasteiger charge is -1.95. The Kier molecular flexibility index (Phi) is 2.33. The Morgan fingerprint density at radius 2 is 2.00 bits per heavy atom. The van der Waals surface area contributed by atoms with E-state index in [0.29, 0.717) is 10.1 Å². The molecule has 0 aliphatic rings. The summed E-state index contributed by atoms with van der Waals surface area (Å²) in [6, 6.07) is 0. The lowest BCUT2D eigenvalue weighted by molar-refractivity contribution is 0.102. The number of anilines is 1. The number of thiazole rings is 2. The standard InChI is InChI=1S/C7H5N3OS2/c11-5(6-8-1-3-12-6)10-7-9-2-4-13-7/h1-4H,(H,9,10,11). The fourth-order valence-electron chi connectivity index (χ4n) is 0.771. The smallest absolute Gasteiger partial charge is 0.286 e. The molecule has 2 rings (SSSR count). The minimum atomic E-state index is -0.204. The van der Waals surface area contributed by atoms with E-state index in [0.717, 1.165) is 0 Å². The van der Waals surface area contributed by atoms with Crippen molar-refractivity contribution in [3.8, 4) is 0 Å². The number of carbonyl (C=O) groups excluding carboxylic acids is 1. The first-order valence-electron chi connectivity index (χ1n) is 3.46. The minimum absolute atomic E-state index is 0.204. The van der Waals surface area contributed by atoms with Gasteiger partial charge in [0.2, 0.25) is 0 Å². The van der Waals surface area contributed by atoms with Gasteiger partial charge in [0.15, 0.2) is 10.1 Å². The van der Waals surface area contributed by atoms with Crippen molar-refractivity contribution < 1.29 is 4.79 Å². The van der Waals surface area contributed by atoms with Gasteiger partial charge in [-0.15, -0.1) is 22.7 Å². The molecule has 0 saturated heterocycles. The molecule has 0 fully saturated rings. The van der Waals surface area contributed by atoms with E-state index in [1.54, 1.807) is 23.2 Å². The van der Waals surface area contributed by atoms with E-state index in [9.17, 15) is 4.79 Å². The first kappa shape index (κ1) is 8.33. The Morgan fingerprint density at radius 3 is 2.62 bits per heavy atom. The number of amides is 1. The number of hydrogen-bond acceptors (Lipinski definition) is 5. The molecule has 2 heterocycles. The fourth-order valence-corrected chi connectivity index (χ4v) is 1.83. The third-order valence-corrected chi connectivity index (χ3v) is 2.74. The average molecular weight is 211 g/mol. The second-order valence-corrected chi connectivity index (χ2v) is 3.92. The van der Waals surface area contributed by atoms with Crippen molar-refractivity contribution in [1.29, 1.82) is 0 Å². The van der Waals surface area contributed by atoms with Crippen LogP contribution in [-0.2, 0) is 0 Å². The van der Waals surface area contributed by atoms with Gasteiger partial charge in [0.05, 0.1) is 0 Å². The van der Waals surface area contributed by atoms with Crippen molar-refractivity contribution in [1.82, 2.24) is 9.97 Å². The molecule has 0 spiro atoms. The molecule has 0 aromatic carbocycles. The summed E-state index contributed by atoms with van der Waals surface area (Å²) in [4.78, 5) is 19.2. The molecule has 4 nitrogen and oxygen atoms in total. The van der Waals surface area contributed by atoms with Crippen molar-refractivity contribution in [2.75, 3.05) is 5.32 Å². The third kappa shape index (κ3) is 1.90. The highest BCUT2D eigenvalue weighted by molar-refractivity contribution is 7.14. The molecule has 0 bridgehead atoms. The molecule has 0 unspecified atom stereocenters. The summed E-state index contributed by atoms with van der Waals surface area (Å²) >= 11 is 2.69. The zero-order valence-corrected chi connectivity index (χ0v) is 8.06. The molecule has 13 heavy (non-hydrogen) atoms. The van der Waals surface area contributed by atoms with E-state index in [4.69, 9.17) is 0 Å². The molecule has 0 saturated carbocycles.